The zero-order valence-electron chi connectivity index (χ0n) is 8.95. The van der Waals surface area contributed by atoms with Crippen molar-refractivity contribution in [2.75, 3.05) is 11.9 Å². The number of anilines is 1. The van der Waals surface area contributed by atoms with Crippen molar-refractivity contribution in [2.45, 2.75) is 19.4 Å². The molecular weight excluding hydrogens is 206 g/mol. The summed E-state index contributed by atoms with van der Waals surface area (Å²) in [6.07, 6.45) is 1.82. The first-order valence-electron chi connectivity index (χ1n) is 4.91. The van der Waals surface area contributed by atoms with Crippen molar-refractivity contribution in [1.29, 1.82) is 0 Å². The third kappa shape index (κ3) is 2.46. The Labute approximate surface area is 93.3 Å². The molecule has 0 aliphatic carbocycles. The number of fused-ring (bicyclic) bond motifs is 1. The van der Waals surface area contributed by atoms with Gasteiger partial charge in [0.2, 0.25) is 0 Å². The lowest BCUT2D eigenvalue weighted by atomic mass is 10.1. The normalized spacial score (nSPS) is 11.9. The molecule has 0 saturated carbocycles. The van der Waals surface area contributed by atoms with Crippen molar-refractivity contribution in [1.82, 2.24) is 4.98 Å². The third-order valence-corrected chi connectivity index (χ3v) is 2.97. The first kappa shape index (κ1) is 10.4. The topological polar surface area (TPSA) is 50.9 Å². The number of hydrogen-bond donors (Lipinski definition) is 2. The Hall–Kier alpha value is -1.13. The van der Waals surface area contributed by atoms with Gasteiger partial charge in [-0.25, -0.2) is 4.98 Å². The van der Waals surface area contributed by atoms with Crippen LogP contribution in [0.5, 0.6) is 0 Å². The van der Waals surface area contributed by atoms with Crippen molar-refractivity contribution in [3.8, 4) is 0 Å². The lowest BCUT2D eigenvalue weighted by Crippen LogP contribution is -2.39. The average molecular weight is 221 g/mol. The summed E-state index contributed by atoms with van der Waals surface area (Å²) in [5.41, 5.74) is 5.69. The number of aromatic nitrogens is 1. The molecule has 2 heterocycles. The molecule has 0 fully saturated rings. The quantitative estimate of drug-likeness (QED) is 0.837. The molecule has 2 aromatic heterocycles. The van der Waals surface area contributed by atoms with Crippen molar-refractivity contribution in [3.63, 3.8) is 0 Å². The van der Waals surface area contributed by atoms with E-state index in [2.05, 4.69) is 21.7 Å². The number of nitrogens with two attached hydrogens (primary N) is 1. The molecule has 0 amide bonds. The second-order valence-electron chi connectivity index (χ2n) is 4.33. The Morgan fingerprint density at radius 1 is 1.47 bits per heavy atom. The minimum Gasteiger partial charge on any atom is -0.368 e. The minimum absolute atomic E-state index is 0.222. The summed E-state index contributed by atoms with van der Waals surface area (Å²) < 4.78 is 1.25. The highest BCUT2D eigenvalue weighted by Crippen LogP contribution is 2.25. The highest BCUT2D eigenvalue weighted by molar-refractivity contribution is 7.17. The molecule has 15 heavy (non-hydrogen) atoms. The van der Waals surface area contributed by atoms with Gasteiger partial charge in [-0.3, -0.25) is 0 Å². The van der Waals surface area contributed by atoms with Crippen LogP contribution in [0.3, 0.4) is 0 Å². The third-order valence-electron chi connectivity index (χ3n) is 2.09. The SMILES string of the molecule is CC(C)(N)CNc1nccc2sccc12. The Kier molecular flexibility index (Phi) is 2.63. The Morgan fingerprint density at radius 2 is 2.27 bits per heavy atom. The van der Waals surface area contributed by atoms with Gasteiger partial charge in [0.1, 0.15) is 5.82 Å². The molecule has 3 N–H and O–H groups in total. The highest BCUT2D eigenvalue weighted by Gasteiger charge is 2.11. The van der Waals surface area contributed by atoms with E-state index in [4.69, 9.17) is 5.73 Å². The van der Waals surface area contributed by atoms with Gasteiger partial charge in [-0.15, -0.1) is 11.3 Å². The van der Waals surface area contributed by atoms with E-state index < -0.39 is 0 Å². The number of nitrogens with one attached hydrogen (secondary N) is 1. The number of nitrogens with zero attached hydrogens (tertiary/aromatic N) is 1. The Morgan fingerprint density at radius 3 is 3.00 bits per heavy atom. The van der Waals surface area contributed by atoms with Crippen LogP contribution in [0.25, 0.3) is 10.1 Å². The van der Waals surface area contributed by atoms with E-state index in [-0.39, 0.29) is 5.54 Å². The van der Waals surface area contributed by atoms with Gasteiger partial charge in [-0.2, -0.15) is 0 Å². The summed E-state index contributed by atoms with van der Waals surface area (Å²) in [5, 5.41) is 6.53. The molecule has 0 aliphatic heterocycles. The molecule has 0 bridgehead atoms. The Balaban J connectivity index is 2.24. The summed E-state index contributed by atoms with van der Waals surface area (Å²) in [5.74, 6) is 0.923. The fourth-order valence-electron chi connectivity index (χ4n) is 1.35. The molecule has 3 nitrogen and oxygen atoms in total. The van der Waals surface area contributed by atoms with Gasteiger partial charge in [-0.05, 0) is 31.4 Å². The first-order valence-corrected chi connectivity index (χ1v) is 5.79. The van der Waals surface area contributed by atoms with Crippen LogP contribution < -0.4 is 11.1 Å². The van der Waals surface area contributed by atoms with E-state index in [1.807, 2.05) is 26.1 Å². The van der Waals surface area contributed by atoms with E-state index >= 15 is 0 Å². The molecular formula is C11H15N3S. The zero-order chi connectivity index (χ0) is 10.9. The maximum absolute atomic E-state index is 5.92. The maximum Gasteiger partial charge on any atom is 0.134 e. The van der Waals surface area contributed by atoms with Crippen LogP contribution in [0.2, 0.25) is 0 Å². The van der Waals surface area contributed by atoms with E-state index in [0.717, 1.165) is 12.4 Å². The van der Waals surface area contributed by atoms with Crippen molar-refractivity contribution in [3.05, 3.63) is 23.7 Å². The number of rotatable bonds is 3. The molecule has 0 radical (unpaired) electrons. The fourth-order valence-corrected chi connectivity index (χ4v) is 2.13. The molecule has 2 aromatic rings. The second kappa shape index (κ2) is 3.79. The van der Waals surface area contributed by atoms with Crippen LogP contribution in [0, 0.1) is 0 Å². The summed E-state index contributed by atoms with van der Waals surface area (Å²) in [7, 11) is 0. The molecule has 2 rings (SSSR count). The smallest absolute Gasteiger partial charge is 0.134 e. The van der Waals surface area contributed by atoms with Gasteiger partial charge in [-0.1, -0.05) is 0 Å². The molecule has 0 aromatic carbocycles. The lowest BCUT2D eigenvalue weighted by molar-refractivity contribution is 0.549. The first-order chi connectivity index (χ1) is 7.06. The van der Waals surface area contributed by atoms with Crippen LogP contribution in [0.4, 0.5) is 5.82 Å². The molecule has 0 aliphatic rings. The summed E-state index contributed by atoms with van der Waals surface area (Å²) in [6.45, 7) is 4.70. The number of pyridine rings is 1. The highest BCUT2D eigenvalue weighted by atomic mass is 32.1. The molecule has 4 heteroatoms. The van der Waals surface area contributed by atoms with Crippen LogP contribution in [0.15, 0.2) is 23.7 Å². The van der Waals surface area contributed by atoms with Gasteiger partial charge < -0.3 is 11.1 Å². The van der Waals surface area contributed by atoms with Crippen LogP contribution in [-0.4, -0.2) is 17.1 Å². The molecule has 0 atom stereocenters. The predicted octanol–water partition coefficient (Wildman–Crippen LogP) is 2.45. The van der Waals surface area contributed by atoms with E-state index in [1.54, 1.807) is 11.3 Å². The minimum atomic E-state index is -0.222. The van der Waals surface area contributed by atoms with Gasteiger partial charge in [0.15, 0.2) is 0 Å². The van der Waals surface area contributed by atoms with Crippen LogP contribution >= 0.6 is 11.3 Å². The van der Waals surface area contributed by atoms with E-state index in [9.17, 15) is 0 Å². The van der Waals surface area contributed by atoms with Gasteiger partial charge in [0, 0.05) is 28.4 Å². The number of thiophene rings is 1. The van der Waals surface area contributed by atoms with Crippen molar-refractivity contribution < 1.29 is 0 Å². The zero-order valence-corrected chi connectivity index (χ0v) is 9.77. The van der Waals surface area contributed by atoms with Gasteiger partial charge in [0.05, 0.1) is 0 Å². The molecule has 0 spiro atoms. The molecule has 0 saturated heterocycles. The van der Waals surface area contributed by atoms with Crippen molar-refractivity contribution >= 4 is 27.2 Å². The average Bonchev–Trinajstić information content (AvgIpc) is 2.61. The Bertz CT molecular complexity index is 456. The van der Waals surface area contributed by atoms with Crippen molar-refractivity contribution in [2.24, 2.45) is 5.73 Å². The summed E-state index contributed by atoms with van der Waals surface area (Å²) in [4.78, 5) is 4.32. The van der Waals surface area contributed by atoms with Crippen LogP contribution in [-0.2, 0) is 0 Å². The largest absolute Gasteiger partial charge is 0.368 e. The molecule has 80 valence electrons. The van der Waals surface area contributed by atoms with E-state index in [0.29, 0.717) is 0 Å². The number of hydrogen-bond acceptors (Lipinski definition) is 4. The second-order valence-corrected chi connectivity index (χ2v) is 5.28. The fraction of sp³-hybridized carbons (Fsp3) is 0.364. The van der Waals surface area contributed by atoms with E-state index in [1.165, 1.54) is 10.1 Å². The summed E-state index contributed by atoms with van der Waals surface area (Å²) >= 11 is 1.72. The summed E-state index contributed by atoms with van der Waals surface area (Å²) in [6, 6.07) is 4.11. The molecule has 0 unspecified atom stereocenters. The van der Waals surface area contributed by atoms with Gasteiger partial charge >= 0.3 is 0 Å². The lowest BCUT2D eigenvalue weighted by Gasteiger charge is -2.19. The predicted molar refractivity (Wildman–Crippen MR) is 66.4 cm³/mol. The monoisotopic (exact) mass is 221 g/mol. The standard InChI is InChI=1S/C11H15N3S/c1-11(2,12)7-14-10-8-4-6-15-9(8)3-5-13-10/h3-6H,7,12H2,1-2H3,(H,13,14). The van der Waals surface area contributed by atoms with Crippen LogP contribution in [0.1, 0.15) is 13.8 Å². The maximum atomic E-state index is 5.92. The van der Waals surface area contributed by atoms with Gasteiger partial charge in [0.25, 0.3) is 0 Å².